The van der Waals surface area contributed by atoms with E-state index in [2.05, 4.69) is 21.7 Å². The first-order valence-corrected chi connectivity index (χ1v) is 8.35. The van der Waals surface area contributed by atoms with Crippen LogP contribution in [0.25, 0.3) is 0 Å². The third-order valence-corrected chi connectivity index (χ3v) is 5.27. The van der Waals surface area contributed by atoms with Gasteiger partial charge in [-0.15, -0.1) is 11.3 Å². The zero-order valence-electron chi connectivity index (χ0n) is 11.5. The first-order valence-electron chi connectivity index (χ1n) is 6.05. The second-order valence-electron chi connectivity index (χ2n) is 4.20. The molecule has 0 amide bonds. The quantitative estimate of drug-likeness (QED) is 0.823. The first kappa shape index (κ1) is 15.7. The number of nitrogens with zero attached hydrogens (tertiary/aromatic N) is 1. The molecule has 6 nitrogen and oxygen atoms in total. The number of thiophene rings is 1. The molecule has 2 heterocycles. The molecule has 0 aliphatic heterocycles. The molecule has 2 N–H and O–H groups in total. The minimum absolute atomic E-state index is 0.0827. The summed E-state index contributed by atoms with van der Waals surface area (Å²) < 4.78 is 31.8. The van der Waals surface area contributed by atoms with Crippen LogP contribution in [-0.4, -0.2) is 25.3 Å². The predicted molar refractivity (Wildman–Crippen MR) is 78.3 cm³/mol. The maximum absolute atomic E-state index is 12.2. The standard InChI is InChI=1S/C13H14N2O4S2/c1-9-13(10(2)19-15-9)21(17,18)14-8-12-6-5-11(20-12)4-3-7-16/h5-6,14,16H,7-8H2,1-2H3. The molecule has 21 heavy (non-hydrogen) atoms. The van der Waals surface area contributed by atoms with Crippen LogP contribution >= 0.6 is 11.3 Å². The second kappa shape index (κ2) is 6.41. The van der Waals surface area contributed by atoms with E-state index in [4.69, 9.17) is 9.63 Å². The lowest BCUT2D eigenvalue weighted by Gasteiger charge is -2.04. The van der Waals surface area contributed by atoms with E-state index in [-0.39, 0.29) is 23.8 Å². The van der Waals surface area contributed by atoms with Gasteiger partial charge in [0.25, 0.3) is 0 Å². The lowest BCUT2D eigenvalue weighted by Crippen LogP contribution is -2.23. The van der Waals surface area contributed by atoms with Gasteiger partial charge in [-0.25, -0.2) is 13.1 Å². The van der Waals surface area contributed by atoms with Crippen LogP contribution in [0.2, 0.25) is 0 Å². The molecule has 0 unspecified atom stereocenters. The number of nitrogens with one attached hydrogen (secondary N) is 1. The number of aryl methyl sites for hydroxylation is 2. The van der Waals surface area contributed by atoms with Gasteiger partial charge in [-0.1, -0.05) is 17.0 Å². The highest BCUT2D eigenvalue weighted by molar-refractivity contribution is 7.89. The van der Waals surface area contributed by atoms with Crippen molar-refractivity contribution in [2.24, 2.45) is 0 Å². The van der Waals surface area contributed by atoms with E-state index in [9.17, 15) is 8.42 Å². The summed E-state index contributed by atoms with van der Waals surface area (Å²) in [6, 6.07) is 3.58. The van der Waals surface area contributed by atoms with E-state index in [0.717, 1.165) is 9.75 Å². The normalized spacial score (nSPS) is 11.2. The molecule has 2 aromatic heterocycles. The van der Waals surface area contributed by atoms with Crippen LogP contribution < -0.4 is 4.72 Å². The molecule has 0 saturated carbocycles. The lowest BCUT2D eigenvalue weighted by atomic mass is 10.4. The van der Waals surface area contributed by atoms with Crippen LogP contribution in [0.15, 0.2) is 21.6 Å². The van der Waals surface area contributed by atoms with Crippen LogP contribution in [-0.2, 0) is 16.6 Å². The fraction of sp³-hybridized carbons (Fsp3) is 0.308. The molecule has 0 aliphatic rings. The molecule has 0 aliphatic carbocycles. The third-order valence-electron chi connectivity index (χ3n) is 2.63. The topological polar surface area (TPSA) is 92.4 Å². The zero-order valence-corrected chi connectivity index (χ0v) is 13.1. The molecular formula is C13H14N2O4S2. The number of aromatic nitrogens is 1. The second-order valence-corrected chi connectivity index (χ2v) is 7.08. The van der Waals surface area contributed by atoms with Crippen LogP contribution in [0, 0.1) is 25.7 Å². The van der Waals surface area contributed by atoms with Crippen molar-refractivity contribution in [1.29, 1.82) is 0 Å². The van der Waals surface area contributed by atoms with E-state index < -0.39 is 10.0 Å². The monoisotopic (exact) mass is 326 g/mol. The maximum Gasteiger partial charge on any atom is 0.246 e. The van der Waals surface area contributed by atoms with Gasteiger partial charge >= 0.3 is 0 Å². The van der Waals surface area contributed by atoms with Crippen molar-refractivity contribution in [1.82, 2.24) is 9.88 Å². The molecular weight excluding hydrogens is 312 g/mol. The molecule has 0 fully saturated rings. The summed E-state index contributed by atoms with van der Waals surface area (Å²) in [4.78, 5) is 1.68. The van der Waals surface area contributed by atoms with E-state index in [0.29, 0.717) is 5.69 Å². The van der Waals surface area contributed by atoms with Crippen molar-refractivity contribution in [2.45, 2.75) is 25.3 Å². The predicted octanol–water partition coefficient (Wildman–Crippen LogP) is 1.18. The summed E-state index contributed by atoms with van der Waals surface area (Å²) in [6.45, 7) is 3.10. The Hall–Kier alpha value is -1.66. The summed E-state index contributed by atoms with van der Waals surface area (Å²) in [5.41, 5.74) is 0.334. The highest BCUT2D eigenvalue weighted by atomic mass is 32.2. The van der Waals surface area contributed by atoms with Gasteiger partial charge in [0.15, 0.2) is 5.76 Å². The van der Waals surface area contributed by atoms with Gasteiger partial charge in [0.2, 0.25) is 10.0 Å². The third kappa shape index (κ3) is 3.71. The number of sulfonamides is 1. The SMILES string of the molecule is Cc1noc(C)c1S(=O)(=O)NCc1ccc(C#CCO)s1. The highest BCUT2D eigenvalue weighted by Crippen LogP contribution is 2.20. The minimum Gasteiger partial charge on any atom is -0.384 e. The Labute approximate surface area is 126 Å². The summed E-state index contributed by atoms with van der Waals surface area (Å²) in [7, 11) is -3.66. The van der Waals surface area contributed by atoms with Gasteiger partial charge < -0.3 is 9.63 Å². The van der Waals surface area contributed by atoms with Crippen molar-refractivity contribution in [3.05, 3.63) is 33.3 Å². The van der Waals surface area contributed by atoms with Crippen molar-refractivity contribution < 1.29 is 18.0 Å². The van der Waals surface area contributed by atoms with Gasteiger partial charge in [0, 0.05) is 11.4 Å². The average molecular weight is 326 g/mol. The molecule has 0 radical (unpaired) electrons. The fourth-order valence-electron chi connectivity index (χ4n) is 1.76. The van der Waals surface area contributed by atoms with Gasteiger partial charge in [-0.05, 0) is 26.0 Å². The number of aliphatic hydroxyl groups excluding tert-OH is 1. The van der Waals surface area contributed by atoms with Crippen molar-refractivity contribution >= 4 is 21.4 Å². The highest BCUT2D eigenvalue weighted by Gasteiger charge is 2.23. The van der Waals surface area contributed by atoms with Crippen LogP contribution in [0.1, 0.15) is 21.2 Å². The van der Waals surface area contributed by atoms with Gasteiger partial charge in [0.05, 0.1) is 4.88 Å². The Kier molecular flexibility index (Phi) is 4.80. The van der Waals surface area contributed by atoms with Crippen molar-refractivity contribution in [3.63, 3.8) is 0 Å². The average Bonchev–Trinajstić information content (AvgIpc) is 3.01. The van der Waals surface area contributed by atoms with Gasteiger partial charge in [-0.3, -0.25) is 0 Å². The maximum atomic E-state index is 12.2. The summed E-state index contributed by atoms with van der Waals surface area (Å²) in [6.07, 6.45) is 0. The molecule has 2 rings (SSSR count). The lowest BCUT2D eigenvalue weighted by molar-refractivity contribution is 0.350. The summed E-state index contributed by atoms with van der Waals surface area (Å²) in [5.74, 6) is 5.58. The molecule has 0 spiro atoms. The Morgan fingerprint density at radius 1 is 1.43 bits per heavy atom. The van der Waals surface area contributed by atoms with Crippen LogP contribution in [0.4, 0.5) is 0 Å². The number of aliphatic hydroxyl groups is 1. The van der Waals surface area contributed by atoms with Crippen molar-refractivity contribution in [2.75, 3.05) is 6.61 Å². The van der Waals surface area contributed by atoms with E-state index in [1.54, 1.807) is 26.0 Å². The Morgan fingerprint density at radius 2 is 2.19 bits per heavy atom. The molecule has 0 bridgehead atoms. The fourth-order valence-corrected chi connectivity index (χ4v) is 4.01. The van der Waals surface area contributed by atoms with E-state index in [1.165, 1.54) is 11.3 Å². The Morgan fingerprint density at radius 3 is 2.81 bits per heavy atom. The number of hydrogen-bond donors (Lipinski definition) is 2. The van der Waals surface area contributed by atoms with Gasteiger partial charge in [-0.2, -0.15) is 0 Å². The largest absolute Gasteiger partial charge is 0.384 e. The van der Waals surface area contributed by atoms with Crippen molar-refractivity contribution in [3.8, 4) is 11.8 Å². The summed E-state index contributed by atoms with van der Waals surface area (Å²) >= 11 is 1.37. The molecule has 8 heteroatoms. The molecule has 0 atom stereocenters. The van der Waals surface area contributed by atoms with Crippen LogP contribution in [0.3, 0.4) is 0 Å². The minimum atomic E-state index is -3.66. The molecule has 112 valence electrons. The molecule has 0 saturated heterocycles. The number of rotatable bonds is 4. The van der Waals surface area contributed by atoms with Gasteiger partial charge in [0.1, 0.15) is 17.2 Å². The first-order chi connectivity index (χ1) is 9.94. The Balaban J connectivity index is 2.11. The van der Waals surface area contributed by atoms with Crippen LogP contribution in [0.5, 0.6) is 0 Å². The molecule has 0 aromatic carbocycles. The number of hydrogen-bond acceptors (Lipinski definition) is 6. The summed E-state index contributed by atoms with van der Waals surface area (Å²) in [5, 5.41) is 12.3. The Bertz CT molecular complexity index is 774. The zero-order chi connectivity index (χ0) is 15.5. The molecule has 2 aromatic rings. The van der Waals surface area contributed by atoms with E-state index in [1.807, 2.05) is 0 Å². The smallest absolute Gasteiger partial charge is 0.246 e. The van der Waals surface area contributed by atoms with E-state index >= 15 is 0 Å².